The van der Waals surface area contributed by atoms with Gasteiger partial charge in [-0.1, -0.05) is 42.5 Å². The second-order valence-corrected chi connectivity index (χ2v) is 4.62. The molecule has 19 heavy (non-hydrogen) atoms. The number of carbonyl (C=O) groups is 1. The van der Waals surface area contributed by atoms with Crippen molar-refractivity contribution in [3.63, 3.8) is 0 Å². The molecule has 0 bridgehead atoms. The molecule has 0 spiro atoms. The van der Waals surface area contributed by atoms with E-state index in [9.17, 15) is 9.90 Å². The number of hydrogen-bond acceptors (Lipinski definition) is 3. The summed E-state index contributed by atoms with van der Waals surface area (Å²) in [5, 5.41) is 14.9. The lowest BCUT2D eigenvalue weighted by Gasteiger charge is -2.15. The van der Waals surface area contributed by atoms with Crippen LogP contribution in [-0.2, 0) is 4.79 Å². The van der Waals surface area contributed by atoms with Gasteiger partial charge in [0, 0.05) is 6.54 Å². The number of hydrogen-bond donors (Lipinski definition) is 3. The number of carbonyl (C=O) groups excluding carboxylic acids is 1. The fraction of sp³-hybridized carbons (Fsp3) is 0.267. The highest BCUT2D eigenvalue weighted by atomic mass is 16.3. The average Bonchev–Trinajstić information content (AvgIpc) is 2.43. The van der Waals surface area contributed by atoms with Crippen molar-refractivity contribution in [2.45, 2.75) is 19.1 Å². The second kappa shape index (κ2) is 5.82. The van der Waals surface area contributed by atoms with E-state index >= 15 is 0 Å². The van der Waals surface area contributed by atoms with Crippen LogP contribution in [-0.4, -0.2) is 23.6 Å². The van der Waals surface area contributed by atoms with Crippen LogP contribution in [0.2, 0.25) is 0 Å². The monoisotopic (exact) mass is 258 g/mol. The van der Waals surface area contributed by atoms with Crippen LogP contribution in [0.5, 0.6) is 0 Å². The van der Waals surface area contributed by atoms with Gasteiger partial charge >= 0.3 is 0 Å². The molecular weight excluding hydrogens is 240 g/mol. The first-order valence-electron chi connectivity index (χ1n) is 6.28. The smallest absolute Gasteiger partial charge is 0.236 e. The predicted molar refractivity (Wildman–Crippen MR) is 75.6 cm³/mol. The predicted octanol–water partition coefficient (Wildman–Crippen LogP) is 1.34. The van der Waals surface area contributed by atoms with Crippen molar-refractivity contribution in [2.24, 2.45) is 5.73 Å². The van der Waals surface area contributed by atoms with Crippen LogP contribution >= 0.6 is 0 Å². The fourth-order valence-corrected chi connectivity index (χ4v) is 2.01. The number of rotatable bonds is 4. The van der Waals surface area contributed by atoms with Crippen molar-refractivity contribution < 1.29 is 9.90 Å². The molecule has 0 aliphatic rings. The number of aliphatic hydroxyl groups is 1. The van der Waals surface area contributed by atoms with Crippen LogP contribution in [0.15, 0.2) is 42.5 Å². The van der Waals surface area contributed by atoms with Gasteiger partial charge in [-0.05, 0) is 23.3 Å². The maximum atomic E-state index is 11.4. The Bertz CT molecular complexity index is 576. The maximum absolute atomic E-state index is 11.4. The van der Waals surface area contributed by atoms with E-state index < -0.39 is 12.1 Å². The van der Waals surface area contributed by atoms with Crippen molar-refractivity contribution >= 4 is 16.7 Å². The molecule has 0 heterocycles. The Morgan fingerprint density at radius 1 is 1.26 bits per heavy atom. The van der Waals surface area contributed by atoms with Crippen molar-refractivity contribution in [2.75, 3.05) is 6.54 Å². The third-order valence-corrected chi connectivity index (χ3v) is 3.07. The number of fused-ring (bicyclic) bond motifs is 1. The van der Waals surface area contributed by atoms with Gasteiger partial charge < -0.3 is 16.2 Å². The molecule has 0 saturated heterocycles. The highest BCUT2D eigenvalue weighted by Crippen LogP contribution is 2.23. The van der Waals surface area contributed by atoms with E-state index in [2.05, 4.69) is 5.32 Å². The molecule has 4 N–H and O–H groups in total. The molecule has 1 amide bonds. The van der Waals surface area contributed by atoms with Gasteiger partial charge in [0.25, 0.3) is 0 Å². The molecule has 2 atom stereocenters. The molecule has 4 nitrogen and oxygen atoms in total. The minimum atomic E-state index is -0.742. The molecule has 0 aliphatic carbocycles. The number of nitrogens with two attached hydrogens (primary N) is 1. The Hall–Kier alpha value is -1.91. The zero-order chi connectivity index (χ0) is 13.8. The number of amides is 1. The minimum absolute atomic E-state index is 0.161. The van der Waals surface area contributed by atoms with Gasteiger partial charge in [0.05, 0.1) is 12.1 Å². The van der Waals surface area contributed by atoms with E-state index in [0.717, 1.165) is 16.3 Å². The summed E-state index contributed by atoms with van der Waals surface area (Å²) in [6.45, 7) is 1.77. The van der Waals surface area contributed by atoms with E-state index in [1.54, 1.807) is 6.92 Å². The third kappa shape index (κ3) is 3.10. The van der Waals surface area contributed by atoms with Gasteiger partial charge in [0.2, 0.25) is 5.91 Å². The molecule has 4 heteroatoms. The SMILES string of the molecule is C[C@H](N)C(=O)NCC(O)c1cccc2ccccc12. The molecule has 2 aromatic carbocycles. The lowest BCUT2D eigenvalue weighted by Crippen LogP contribution is -2.40. The summed E-state index contributed by atoms with van der Waals surface area (Å²) < 4.78 is 0. The Balaban J connectivity index is 2.17. The highest BCUT2D eigenvalue weighted by Gasteiger charge is 2.13. The van der Waals surface area contributed by atoms with Crippen molar-refractivity contribution in [1.29, 1.82) is 0 Å². The van der Waals surface area contributed by atoms with Crippen LogP contribution in [0.1, 0.15) is 18.6 Å². The topological polar surface area (TPSA) is 75.4 Å². The molecule has 0 fully saturated rings. The molecule has 2 aromatic rings. The van der Waals surface area contributed by atoms with Crippen LogP contribution in [0.4, 0.5) is 0 Å². The summed E-state index contributed by atoms with van der Waals surface area (Å²) in [6.07, 6.45) is -0.742. The second-order valence-electron chi connectivity index (χ2n) is 4.62. The van der Waals surface area contributed by atoms with Gasteiger partial charge in [0.1, 0.15) is 0 Å². The molecule has 0 aliphatic heterocycles. The van der Waals surface area contributed by atoms with Crippen molar-refractivity contribution in [3.05, 3.63) is 48.0 Å². The first-order chi connectivity index (χ1) is 9.09. The summed E-state index contributed by atoms with van der Waals surface area (Å²) >= 11 is 0. The normalized spacial score (nSPS) is 14.1. The summed E-state index contributed by atoms with van der Waals surface area (Å²) in [7, 11) is 0. The highest BCUT2D eigenvalue weighted by molar-refractivity contribution is 5.86. The lowest BCUT2D eigenvalue weighted by molar-refractivity contribution is -0.122. The third-order valence-electron chi connectivity index (χ3n) is 3.07. The van der Waals surface area contributed by atoms with Gasteiger partial charge in [-0.3, -0.25) is 4.79 Å². The van der Waals surface area contributed by atoms with E-state index in [1.165, 1.54) is 0 Å². The Labute approximate surface area is 112 Å². The first-order valence-corrected chi connectivity index (χ1v) is 6.28. The summed E-state index contributed by atoms with van der Waals surface area (Å²) in [4.78, 5) is 11.4. The fourth-order valence-electron chi connectivity index (χ4n) is 2.01. The molecular formula is C15H18N2O2. The van der Waals surface area contributed by atoms with Gasteiger partial charge in [-0.2, -0.15) is 0 Å². The quantitative estimate of drug-likeness (QED) is 0.774. The molecule has 0 radical (unpaired) electrons. The van der Waals surface area contributed by atoms with Gasteiger partial charge in [-0.15, -0.1) is 0 Å². The zero-order valence-corrected chi connectivity index (χ0v) is 10.8. The minimum Gasteiger partial charge on any atom is -0.387 e. The summed E-state index contributed by atoms with van der Waals surface area (Å²) in [5.41, 5.74) is 6.27. The number of aliphatic hydroxyl groups excluding tert-OH is 1. The van der Waals surface area contributed by atoms with Crippen LogP contribution < -0.4 is 11.1 Å². The number of nitrogens with one attached hydrogen (secondary N) is 1. The molecule has 2 rings (SSSR count). The van der Waals surface area contributed by atoms with Crippen LogP contribution in [0.25, 0.3) is 10.8 Å². The molecule has 0 saturated carbocycles. The summed E-state index contributed by atoms with van der Waals surface area (Å²) in [6, 6.07) is 13.0. The molecule has 0 aromatic heterocycles. The Morgan fingerprint density at radius 2 is 1.95 bits per heavy atom. The molecule has 100 valence electrons. The lowest BCUT2D eigenvalue weighted by atomic mass is 10.0. The van der Waals surface area contributed by atoms with Crippen molar-refractivity contribution in [1.82, 2.24) is 5.32 Å². The van der Waals surface area contributed by atoms with Crippen LogP contribution in [0.3, 0.4) is 0 Å². The molecule has 1 unspecified atom stereocenters. The number of benzene rings is 2. The standard InChI is InChI=1S/C15H18N2O2/c1-10(16)15(19)17-9-14(18)13-8-4-6-11-5-2-3-7-12(11)13/h2-8,10,14,18H,9,16H2,1H3,(H,17,19)/t10-,14?/m0/s1. The Kier molecular flexibility index (Phi) is 4.14. The van der Waals surface area contributed by atoms with E-state index in [1.807, 2.05) is 42.5 Å². The maximum Gasteiger partial charge on any atom is 0.236 e. The largest absolute Gasteiger partial charge is 0.387 e. The van der Waals surface area contributed by atoms with Crippen LogP contribution in [0, 0.1) is 0 Å². The Morgan fingerprint density at radius 3 is 2.68 bits per heavy atom. The van der Waals surface area contributed by atoms with Crippen molar-refractivity contribution in [3.8, 4) is 0 Å². The van der Waals surface area contributed by atoms with Gasteiger partial charge in [-0.25, -0.2) is 0 Å². The first kappa shape index (κ1) is 13.5. The zero-order valence-electron chi connectivity index (χ0n) is 10.8. The van der Waals surface area contributed by atoms with E-state index in [-0.39, 0.29) is 12.5 Å². The van der Waals surface area contributed by atoms with E-state index in [0.29, 0.717) is 0 Å². The summed E-state index contributed by atoms with van der Waals surface area (Å²) in [5.74, 6) is -0.265. The average molecular weight is 258 g/mol. The van der Waals surface area contributed by atoms with Gasteiger partial charge in [0.15, 0.2) is 0 Å². The van der Waals surface area contributed by atoms with E-state index in [4.69, 9.17) is 5.73 Å².